The summed E-state index contributed by atoms with van der Waals surface area (Å²) in [6.07, 6.45) is 6.76. The van der Waals surface area contributed by atoms with Gasteiger partial charge >= 0.3 is 0 Å². The average Bonchev–Trinajstić information content (AvgIpc) is 2.79. The first kappa shape index (κ1) is 17.2. The van der Waals surface area contributed by atoms with Crippen molar-refractivity contribution >= 4 is 21.6 Å². The average molecular weight is 351 g/mol. The SMILES string of the molecule is CN(c1ccc(C(=O)N2CCCCCC2)cn1)C1CCS(=O)(=O)C1. The van der Waals surface area contributed by atoms with Gasteiger partial charge in [0, 0.05) is 32.4 Å². The van der Waals surface area contributed by atoms with E-state index < -0.39 is 9.84 Å². The van der Waals surface area contributed by atoms with Crippen LogP contribution >= 0.6 is 0 Å². The second-order valence-corrected chi connectivity index (χ2v) is 9.01. The lowest BCUT2D eigenvalue weighted by atomic mass is 10.2. The lowest BCUT2D eigenvalue weighted by Gasteiger charge is -2.25. The molecule has 0 spiro atoms. The number of aromatic nitrogens is 1. The summed E-state index contributed by atoms with van der Waals surface area (Å²) in [4.78, 5) is 20.8. The maximum atomic E-state index is 12.6. The van der Waals surface area contributed by atoms with Crippen LogP contribution in [-0.4, -0.2) is 61.9 Å². The van der Waals surface area contributed by atoms with E-state index in [1.54, 1.807) is 12.3 Å². The Kier molecular flexibility index (Phi) is 5.08. The van der Waals surface area contributed by atoms with Crippen LogP contribution in [0.1, 0.15) is 42.5 Å². The van der Waals surface area contributed by atoms with Crippen molar-refractivity contribution in [3.05, 3.63) is 23.9 Å². The van der Waals surface area contributed by atoms with Crippen molar-refractivity contribution in [2.75, 3.05) is 36.5 Å². The first-order chi connectivity index (χ1) is 11.5. The highest BCUT2D eigenvalue weighted by Crippen LogP contribution is 2.22. The third kappa shape index (κ3) is 3.88. The molecule has 0 aliphatic carbocycles. The summed E-state index contributed by atoms with van der Waals surface area (Å²) < 4.78 is 23.3. The maximum Gasteiger partial charge on any atom is 0.255 e. The Balaban J connectivity index is 1.67. The lowest BCUT2D eigenvalue weighted by molar-refractivity contribution is 0.0761. The van der Waals surface area contributed by atoms with Gasteiger partial charge in [0.05, 0.1) is 17.1 Å². The second kappa shape index (κ2) is 7.09. The quantitative estimate of drug-likeness (QED) is 0.829. The molecule has 2 saturated heterocycles. The molecule has 1 aromatic rings. The lowest BCUT2D eigenvalue weighted by Crippen LogP contribution is -2.34. The number of sulfone groups is 1. The third-order valence-electron chi connectivity index (χ3n) is 5.01. The van der Waals surface area contributed by atoms with Gasteiger partial charge in [-0.1, -0.05) is 12.8 Å². The molecule has 2 fully saturated rings. The van der Waals surface area contributed by atoms with Gasteiger partial charge in [0.25, 0.3) is 5.91 Å². The molecule has 132 valence electrons. The number of pyridine rings is 1. The predicted molar refractivity (Wildman–Crippen MR) is 94.1 cm³/mol. The molecule has 3 heterocycles. The number of hydrogen-bond acceptors (Lipinski definition) is 5. The molecule has 0 aromatic carbocycles. The van der Waals surface area contributed by atoms with E-state index in [1.165, 1.54) is 12.8 Å². The number of carbonyl (C=O) groups excluding carboxylic acids is 1. The fraction of sp³-hybridized carbons (Fsp3) is 0.647. The van der Waals surface area contributed by atoms with Crippen LogP contribution < -0.4 is 4.90 Å². The van der Waals surface area contributed by atoms with Gasteiger partial charge in [0.15, 0.2) is 9.84 Å². The molecule has 0 radical (unpaired) electrons. The summed E-state index contributed by atoms with van der Waals surface area (Å²) in [6, 6.07) is 3.58. The van der Waals surface area contributed by atoms with E-state index in [9.17, 15) is 13.2 Å². The Morgan fingerprint density at radius 2 is 1.92 bits per heavy atom. The van der Waals surface area contributed by atoms with Gasteiger partial charge < -0.3 is 9.80 Å². The van der Waals surface area contributed by atoms with Crippen molar-refractivity contribution in [1.82, 2.24) is 9.88 Å². The Morgan fingerprint density at radius 3 is 2.46 bits per heavy atom. The van der Waals surface area contributed by atoms with Gasteiger partial charge in [-0.15, -0.1) is 0 Å². The van der Waals surface area contributed by atoms with Crippen molar-refractivity contribution in [2.45, 2.75) is 38.1 Å². The van der Waals surface area contributed by atoms with E-state index in [4.69, 9.17) is 0 Å². The topological polar surface area (TPSA) is 70.6 Å². The van der Waals surface area contributed by atoms with Gasteiger partial charge in [-0.2, -0.15) is 0 Å². The number of likely N-dealkylation sites (tertiary alicyclic amines) is 1. The van der Waals surface area contributed by atoms with Gasteiger partial charge in [-0.25, -0.2) is 13.4 Å². The van der Waals surface area contributed by atoms with Crippen LogP contribution in [0, 0.1) is 0 Å². The fourth-order valence-corrected chi connectivity index (χ4v) is 5.22. The summed E-state index contributed by atoms with van der Waals surface area (Å²) in [7, 11) is -1.05. The van der Waals surface area contributed by atoms with Crippen molar-refractivity contribution in [1.29, 1.82) is 0 Å². The zero-order chi connectivity index (χ0) is 17.2. The first-order valence-corrected chi connectivity index (χ1v) is 10.5. The monoisotopic (exact) mass is 351 g/mol. The summed E-state index contributed by atoms with van der Waals surface area (Å²) >= 11 is 0. The number of nitrogens with zero attached hydrogens (tertiary/aromatic N) is 3. The second-order valence-electron chi connectivity index (χ2n) is 6.78. The molecule has 1 amide bonds. The van der Waals surface area contributed by atoms with E-state index >= 15 is 0 Å². The fourth-order valence-electron chi connectivity index (χ4n) is 3.45. The molecule has 6 nitrogen and oxygen atoms in total. The van der Waals surface area contributed by atoms with Crippen LogP contribution in [-0.2, 0) is 9.84 Å². The molecule has 2 aliphatic rings. The third-order valence-corrected chi connectivity index (χ3v) is 6.76. The first-order valence-electron chi connectivity index (χ1n) is 8.65. The summed E-state index contributed by atoms with van der Waals surface area (Å²) in [5.41, 5.74) is 0.605. The molecule has 0 N–H and O–H groups in total. The highest BCUT2D eigenvalue weighted by Gasteiger charge is 2.31. The summed E-state index contributed by atoms with van der Waals surface area (Å²) in [6.45, 7) is 1.64. The standard InChI is InChI=1S/C17H25N3O3S/c1-19(15-8-11-24(22,23)13-15)16-7-6-14(12-18-16)17(21)20-9-4-2-3-5-10-20/h6-7,12,15H,2-5,8-11,13H2,1H3. The molecule has 0 saturated carbocycles. The maximum absolute atomic E-state index is 12.6. The minimum Gasteiger partial charge on any atom is -0.356 e. The molecular formula is C17H25N3O3S. The molecule has 1 atom stereocenters. The van der Waals surface area contributed by atoms with Gasteiger partial charge in [-0.3, -0.25) is 4.79 Å². The number of anilines is 1. The molecular weight excluding hydrogens is 326 g/mol. The van der Waals surface area contributed by atoms with Crippen LogP contribution in [0.15, 0.2) is 18.3 Å². The van der Waals surface area contributed by atoms with Crippen LogP contribution in [0.25, 0.3) is 0 Å². The molecule has 2 aliphatic heterocycles. The molecule has 1 aromatic heterocycles. The van der Waals surface area contributed by atoms with E-state index in [1.807, 2.05) is 22.9 Å². The van der Waals surface area contributed by atoms with Crippen LogP contribution in [0.4, 0.5) is 5.82 Å². The number of carbonyl (C=O) groups is 1. The Morgan fingerprint density at radius 1 is 1.21 bits per heavy atom. The largest absolute Gasteiger partial charge is 0.356 e. The Bertz CT molecular complexity index is 680. The predicted octanol–water partition coefficient (Wildman–Crippen LogP) is 1.72. The minimum absolute atomic E-state index is 0.0327. The molecule has 24 heavy (non-hydrogen) atoms. The van der Waals surface area contributed by atoms with E-state index in [-0.39, 0.29) is 23.5 Å². The summed E-state index contributed by atoms with van der Waals surface area (Å²) in [5, 5.41) is 0. The number of rotatable bonds is 3. The van der Waals surface area contributed by atoms with E-state index in [0.29, 0.717) is 17.8 Å². The molecule has 0 bridgehead atoms. The smallest absolute Gasteiger partial charge is 0.255 e. The van der Waals surface area contributed by atoms with E-state index in [2.05, 4.69) is 4.98 Å². The van der Waals surface area contributed by atoms with Crippen LogP contribution in [0.3, 0.4) is 0 Å². The Labute approximate surface area is 143 Å². The van der Waals surface area contributed by atoms with Crippen molar-refractivity contribution < 1.29 is 13.2 Å². The molecule has 1 unspecified atom stereocenters. The van der Waals surface area contributed by atoms with Crippen LogP contribution in [0.2, 0.25) is 0 Å². The molecule has 3 rings (SSSR count). The zero-order valence-electron chi connectivity index (χ0n) is 14.1. The van der Waals surface area contributed by atoms with Crippen LogP contribution in [0.5, 0.6) is 0 Å². The normalized spacial score (nSPS) is 23.7. The number of hydrogen-bond donors (Lipinski definition) is 0. The highest BCUT2D eigenvalue weighted by molar-refractivity contribution is 7.91. The number of amides is 1. The summed E-state index contributed by atoms with van der Waals surface area (Å²) in [5.74, 6) is 1.18. The minimum atomic E-state index is -2.92. The van der Waals surface area contributed by atoms with Crippen molar-refractivity contribution in [2.24, 2.45) is 0 Å². The van der Waals surface area contributed by atoms with E-state index in [0.717, 1.165) is 25.9 Å². The van der Waals surface area contributed by atoms with Crippen molar-refractivity contribution in [3.63, 3.8) is 0 Å². The van der Waals surface area contributed by atoms with Gasteiger partial charge in [-0.05, 0) is 31.4 Å². The molecule has 7 heteroatoms. The Hall–Kier alpha value is -1.63. The highest BCUT2D eigenvalue weighted by atomic mass is 32.2. The zero-order valence-corrected chi connectivity index (χ0v) is 15.0. The van der Waals surface area contributed by atoms with Gasteiger partial charge in [0.2, 0.25) is 0 Å². The van der Waals surface area contributed by atoms with Gasteiger partial charge in [0.1, 0.15) is 5.82 Å². The van der Waals surface area contributed by atoms with Crippen molar-refractivity contribution in [3.8, 4) is 0 Å².